The molecule has 4 rings (SSSR count). The maximum atomic E-state index is 12.4. The Balaban J connectivity index is 1.61. The Hall–Kier alpha value is -2.59. The molecule has 10 heteroatoms. The molecular weight excluding hydrogens is 374 g/mol. The number of hydrogen-bond acceptors (Lipinski definition) is 7. The topological polar surface area (TPSA) is 122 Å². The van der Waals surface area contributed by atoms with Gasteiger partial charge in [0.2, 0.25) is 0 Å². The van der Waals surface area contributed by atoms with Gasteiger partial charge in [-0.1, -0.05) is 11.6 Å². The second kappa shape index (κ2) is 7.20. The van der Waals surface area contributed by atoms with Crippen LogP contribution >= 0.6 is 11.6 Å². The SMILES string of the molecule is O=C(Nc1ncnc2c1ncn2C1CC(O)C(CO)O1)c1ccc(Cl)cc1. The standard InChI is InChI=1S/C17H16ClN5O4/c18-10-3-1-9(2-4-10)17(26)22-15-14-16(20-7-19-15)23(8-21-14)13-5-11(25)12(6-24)27-13/h1-4,7-8,11-13,24-25H,5-6H2,(H,19,20,22,26). The number of ether oxygens (including phenoxy) is 1. The van der Waals surface area contributed by atoms with E-state index in [-0.39, 0.29) is 18.3 Å². The average molecular weight is 390 g/mol. The van der Waals surface area contributed by atoms with Crippen molar-refractivity contribution in [1.82, 2.24) is 19.5 Å². The molecule has 3 atom stereocenters. The molecule has 9 nitrogen and oxygen atoms in total. The lowest BCUT2D eigenvalue weighted by atomic mass is 10.2. The van der Waals surface area contributed by atoms with E-state index in [9.17, 15) is 15.0 Å². The van der Waals surface area contributed by atoms with Gasteiger partial charge in [0.1, 0.15) is 18.7 Å². The van der Waals surface area contributed by atoms with E-state index >= 15 is 0 Å². The number of carbonyl (C=O) groups is 1. The van der Waals surface area contributed by atoms with Crippen molar-refractivity contribution in [3.05, 3.63) is 47.5 Å². The second-order valence-corrected chi connectivity index (χ2v) is 6.56. The minimum Gasteiger partial charge on any atom is -0.394 e. The number of carbonyl (C=O) groups excluding carboxylic acids is 1. The number of benzene rings is 1. The molecule has 3 aromatic rings. The number of nitrogens with zero attached hydrogens (tertiary/aromatic N) is 4. The Morgan fingerprint density at radius 3 is 2.78 bits per heavy atom. The fourth-order valence-corrected chi connectivity index (χ4v) is 3.11. The van der Waals surface area contributed by atoms with Crippen LogP contribution in [-0.4, -0.2) is 54.5 Å². The first-order chi connectivity index (χ1) is 13.1. The van der Waals surface area contributed by atoms with Crippen molar-refractivity contribution in [1.29, 1.82) is 0 Å². The zero-order valence-corrected chi connectivity index (χ0v) is 14.7. The van der Waals surface area contributed by atoms with E-state index in [0.717, 1.165) is 0 Å². The van der Waals surface area contributed by atoms with Crippen LogP contribution in [0.25, 0.3) is 11.2 Å². The van der Waals surface area contributed by atoms with Gasteiger partial charge in [0, 0.05) is 17.0 Å². The molecule has 3 heterocycles. The fourth-order valence-electron chi connectivity index (χ4n) is 2.99. The van der Waals surface area contributed by atoms with Gasteiger partial charge in [0.15, 0.2) is 17.0 Å². The number of halogens is 1. The molecule has 3 N–H and O–H groups in total. The number of hydrogen-bond donors (Lipinski definition) is 3. The van der Waals surface area contributed by atoms with E-state index < -0.39 is 18.4 Å². The number of aliphatic hydroxyl groups excluding tert-OH is 2. The van der Waals surface area contributed by atoms with Crippen molar-refractivity contribution < 1.29 is 19.7 Å². The fraction of sp³-hybridized carbons (Fsp3) is 0.294. The predicted molar refractivity (Wildman–Crippen MR) is 96.3 cm³/mol. The van der Waals surface area contributed by atoms with Crippen molar-refractivity contribution in [3.8, 4) is 0 Å². The van der Waals surface area contributed by atoms with Crippen molar-refractivity contribution in [3.63, 3.8) is 0 Å². The number of anilines is 1. The second-order valence-electron chi connectivity index (χ2n) is 6.12. The minimum atomic E-state index is -0.775. The highest BCUT2D eigenvalue weighted by Crippen LogP contribution is 2.31. The summed E-state index contributed by atoms with van der Waals surface area (Å²) in [6.45, 7) is -0.276. The molecule has 1 aliphatic heterocycles. The van der Waals surface area contributed by atoms with Crippen molar-refractivity contribution >= 4 is 34.5 Å². The third-order valence-electron chi connectivity index (χ3n) is 4.39. The molecule has 0 aliphatic carbocycles. The molecule has 2 aromatic heterocycles. The van der Waals surface area contributed by atoms with Gasteiger partial charge in [-0.25, -0.2) is 15.0 Å². The van der Waals surface area contributed by atoms with E-state index in [4.69, 9.17) is 16.3 Å². The van der Waals surface area contributed by atoms with Crippen LogP contribution in [0.1, 0.15) is 23.0 Å². The highest BCUT2D eigenvalue weighted by atomic mass is 35.5. The minimum absolute atomic E-state index is 0.260. The first kappa shape index (κ1) is 17.8. The van der Waals surface area contributed by atoms with Crippen LogP contribution in [0, 0.1) is 0 Å². The molecule has 3 unspecified atom stereocenters. The van der Waals surface area contributed by atoms with E-state index in [1.54, 1.807) is 28.8 Å². The number of imidazole rings is 1. The molecule has 0 spiro atoms. The summed E-state index contributed by atoms with van der Waals surface area (Å²) in [6, 6.07) is 6.47. The maximum Gasteiger partial charge on any atom is 0.256 e. The highest BCUT2D eigenvalue weighted by Gasteiger charge is 2.35. The van der Waals surface area contributed by atoms with Crippen molar-refractivity contribution in [2.45, 2.75) is 24.9 Å². The van der Waals surface area contributed by atoms with Gasteiger partial charge in [0.25, 0.3) is 5.91 Å². The Labute approximate surface area is 158 Å². The molecule has 27 heavy (non-hydrogen) atoms. The van der Waals surface area contributed by atoms with Gasteiger partial charge in [-0.15, -0.1) is 0 Å². The normalized spacial score (nSPS) is 22.3. The van der Waals surface area contributed by atoms with Crippen LogP contribution in [0.3, 0.4) is 0 Å². The smallest absolute Gasteiger partial charge is 0.256 e. The monoisotopic (exact) mass is 389 g/mol. The Morgan fingerprint density at radius 1 is 1.30 bits per heavy atom. The zero-order valence-electron chi connectivity index (χ0n) is 14.0. The Bertz CT molecular complexity index is 977. The first-order valence-corrected chi connectivity index (χ1v) is 8.63. The quantitative estimate of drug-likeness (QED) is 0.615. The van der Waals surface area contributed by atoms with E-state index in [0.29, 0.717) is 28.2 Å². The van der Waals surface area contributed by atoms with Crippen molar-refractivity contribution in [2.24, 2.45) is 0 Å². The number of amides is 1. The zero-order chi connectivity index (χ0) is 19.0. The lowest BCUT2D eigenvalue weighted by Gasteiger charge is -2.13. The molecule has 1 saturated heterocycles. The Kier molecular flexibility index (Phi) is 4.75. The van der Waals surface area contributed by atoms with Crippen LogP contribution < -0.4 is 5.32 Å². The largest absolute Gasteiger partial charge is 0.394 e. The third kappa shape index (κ3) is 3.37. The number of nitrogens with one attached hydrogen (secondary N) is 1. The van der Waals surface area contributed by atoms with Crippen molar-refractivity contribution in [2.75, 3.05) is 11.9 Å². The lowest BCUT2D eigenvalue weighted by Crippen LogP contribution is -2.24. The highest BCUT2D eigenvalue weighted by molar-refractivity contribution is 6.30. The summed E-state index contributed by atoms with van der Waals surface area (Å²) in [5, 5.41) is 22.4. The summed E-state index contributed by atoms with van der Waals surface area (Å²) in [6.07, 6.45) is 1.17. The molecule has 1 amide bonds. The van der Waals surface area contributed by atoms with Gasteiger partial charge in [-0.05, 0) is 24.3 Å². The molecule has 1 aliphatic rings. The summed E-state index contributed by atoms with van der Waals surface area (Å²) in [5.41, 5.74) is 1.27. The first-order valence-electron chi connectivity index (χ1n) is 8.25. The summed E-state index contributed by atoms with van der Waals surface area (Å²) in [4.78, 5) is 25.0. The van der Waals surface area contributed by atoms with E-state index in [1.807, 2.05) is 0 Å². The third-order valence-corrected chi connectivity index (χ3v) is 4.64. The predicted octanol–water partition coefficient (Wildman–Crippen LogP) is 1.37. The summed E-state index contributed by atoms with van der Waals surface area (Å²) in [7, 11) is 0. The van der Waals surface area contributed by atoms with E-state index in [2.05, 4.69) is 20.3 Å². The average Bonchev–Trinajstić information content (AvgIpc) is 3.26. The number of fused-ring (bicyclic) bond motifs is 1. The molecule has 1 fully saturated rings. The summed E-state index contributed by atoms with van der Waals surface area (Å²) >= 11 is 5.84. The lowest BCUT2D eigenvalue weighted by molar-refractivity contribution is -0.0432. The summed E-state index contributed by atoms with van der Waals surface area (Å²) < 4.78 is 7.29. The van der Waals surface area contributed by atoms with Gasteiger partial charge in [0.05, 0.1) is 19.0 Å². The maximum absolute atomic E-state index is 12.4. The number of aromatic nitrogens is 4. The van der Waals surface area contributed by atoms with Crippen LogP contribution in [0.15, 0.2) is 36.9 Å². The molecule has 0 radical (unpaired) electrons. The van der Waals surface area contributed by atoms with Crippen LogP contribution in [-0.2, 0) is 4.74 Å². The van der Waals surface area contributed by atoms with E-state index in [1.165, 1.54) is 12.7 Å². The van der Waals surface area contributed by atoms with Gasteiger partial charge in [-0.2, -0.15) is 0 Å². The van der Waals surface area contributed by atoms with Gasteiger partial charge < -0.3 is 20.3 Å². The van der Waals surface area contributed by atoms with Gasteiger partial charge in [-0.3, -0.25) is 9.36 Å². The summed E-state index contributed by atoms with van der Waals surface area (Å²) in [5.74, 6) is -0.0925. The van der Waals surface area contributed by atoms with Crippen LogP contribution in [0.5, 0.6) is 0 Å². The molecule has 140 valence electrons. The molecule has 0 saturated carbocycles. The Morgan fingerprint density at radius 2 is 2.07 bits per heavy atom. The number of rotatable bonds is 4. The number of aliphatic hydroxyl groups is 2. The molecule has 0 bridgehead atoms. The van der Waals surface area contributed by atoms with Crippen LogP contribution in [0.2, 0.25) is 5.02 Å². The van der Waals surface area contributed by atoms with Crippen LogP contribution in [0.4, 0.5) is 5.82 Å². The van der Waals surface area contributed by atoms with Gasteiger partial charge >= 0.3 is 0 Å². The molecular formula is C17H16ClN5O4. The molecule has 1 aromatic carbocycles.